The molecule has 0 aromatic heterocycles. The van der Waals surface area contributed by atoms with Gasteiger partial charge in [-0.3, -0.25) is 9.10 Å². The van der Waals surface area contributed by atoms with Crippen LogP contribution in [0.15, 0.2) is 88.9 Å². The van der Waals surface area contributed by atoms with Crippen LogP contribution < -0.4 is 9.73 Å². The third-order valence-corrected chi connectivity index (χ3v) is 6.22. The Morgan fingerprint density at radius 3 is 2.27 bits per heavy atom. The van der Waals surface area contributed by atoms with Crippen LogP contribution in [0.1, 0.15) is 5.56 Å². The average molecular weight is 462 g/mol. The van der Waals surface area contributed by atoms with Gasteiger partial charge >= 0.3 is 0 Å². The van der Waals surface area contributed by atoms with Gasteiger partial charge in [0, 0.05) is 10.0 Å². The van der Waals surface area contributed by atoms with Gasteiger partial charge in [0.05, 0.1) is 16.8 Å². The molecule has 0 bridgehead atoms. The first-order valence-corrected chi connectivity index (χ1v) is 11.0. The molecule has 0 heterocycles. The van der Waals surface area contributed by atoms with Crippen LogP contribution in [0, 0.1) is 0 Å². The van der Waals surface area contributed by atoms with Gasteiger partial charge in [0.15, 0.2) is 0 Å². The first-order chi connectivity index (χ1) is 14.4. The summed E-state index contributed by atoms with van der Waals surface area (Å²) in [5, 5.41) is 4.75. The van der Waals surface area contributed by atoms with Crippen molar-refractivity contribution in [1.82, 2.24) is 5.43 Å². The van der Waals surface area contributed by atoms with E-state index in [2.05, 4.69) is 10.5 Å². The number of sulfonamides is 1. The predicted octanol–water partition coefficient (Wildman–Crippen LogP) is 4.34. The zero-order valence-corrected chi connectivity index (χ0v) is 17.9. The van der Waals surface area contributed by atoms with E-state index in [1.54, 1.807) is 60.7 Å². The molecule has 0 saturated heterocycles. The Labute approximate surface area is 184 Å². The molecule has 0 fully saturated rings. The fourth-order valence-corrected chi connectivity index (χ4v) is 4.41. The third-order valence-electron chi connectivity index (χ3n) is 3.97. The molecule has 0 spiro atoms. The summed E-state index contributed by atoms with van der Waals surface area (Å²) < 4.78 is 27.3. The number of hydrogen-bond donors (Lipinski definition) is 1. The number of hydrazone groups is 1. The topological polar surface area (TPSA) is 78.8 Å². The molecule has 1 N–H and O–H groups in total. The first-order valence-electron chi connectivity index (χ1n) is 8.77. The fraction of sp³-hybridized carbons (Fsp3) is 0.0476. The summed E-state index contributed by atoms with van der Waals surface area (Å²) in [6.45, 7) is -0.482. The summed E-state index contributed by atoms with van der Waals surface area (Å²) in [5.74, 6) is -0.618. The van der Waals surface area contributed by atoms with Crippen molar-refractivity contribution in [3.63, 3.8) is 0 Å². The van der Waals surface area contributed by atoms with Crippen molar-refractivity contribution in [1.29, 1.82) is 0 Å². The second kappa shape index (κ2) is 9.75. The number of nitrogens with one attached hydrogen (secondary N) is 1. The van der Waals surface area contributed by atoms with Gasteiger partial charge in [0.1, 0.15) is 6.54 Å². The largest absolute Gasteiger partial charge is 0.271 e. The van der Waals surface area contributed by atoms with E-state index in [0.717, 1.165) is 4.31 Å². The normalized spacial score (nSPS) is 11.4. The van der Waals surface area contributed by atoms with Crippen LogP contribution in [0.5, 0.6) is 0 Å². The van der Waals surface area contributed by atoms with Crippen molar-refractivity contribution >= 4 is 51.0 Å². The molecule has 0 atom stereocenters. The van der Waals surface area contributed by atoms with Crippen molar-refractivity contribution in [3.8, 4) is 0 Å². The summed E-state index contributed by atoms with van der Waals surface area (Å²) >= 11 is 11.9. The van der Waals surface area contributed by atoms with Crippen molar-refractivity contribution < 1.29 is 13.2 Å². The maximum absolute atomic E-state index is 13.2. The minimum atomic E-state index is -4.00. The highest BCUT2D eigenvalue weighted by molar-refractivity contribution is 7.92. The highest BCUT2D eigenvalue weighted by atomic mass is 35.5. The van der Waals surface area contributed by atoms with E-state index in [1.807, 2.05) is 0 Å². The highest BCUT2D eigenvalue weighted by Crippen LogP contribution is 2.25. The lowest BCUT2D eigenvalue weighted by molar-refractivity contribution is -0.119. The standard InChI is InChI=1S/C21H17Cl2N3O3S/c22-17-7-4-6-16(12-17)14-24-25-21(27)15-26(19-9-5-8-18(23)13-19)30(28,29)20-10-2-1-3-11-20/h1-14H,15H2,(H,25,27)/b24-14-. The van der Waals surface area contributed by atoms with Crippen LogP contribution in [0.25, 0.3) is 0 Å². The van der Waals surface area contributed by atoms with Crippen LogP contribution in [-0.2, 0) is 14.8 Å². The smallest absolute Gasteiger partial charge is 0.264 e. The van der Waals surface area contributed by atoms with Crippen LogP contribution >= 0.6 is 23.2 Å². The molecule has 0 saturated carbocycles. The molecule has 0 radical (unpaired) electrons. The zero-order chi connectivity index (χ0) is 21.6. The molecule has 3 rings (SSSR count). The fourth-order valence-electron chi connectivity index (χ4n) is 2.60. The summed E-state index contributed by atoms with van der Waals surface area (Å²) in [6.07, 6.45) is 1.42. The van der Waals surface area contributed by atoms with Gasteiger partial charge in [-0.05, 0) is 48.0 Å². The number of hydrogen-bond acceptors (Lipinski definition) is 4. The van der Waals surface area contributed by atoms with Crippen molar-refractivity contribution in [2.24, 2.45) is 5.10 Å². The molecule has 0 unspecified atom stereocenters. The van der Waals surface area contributed by atoms with Gasteiger partial charge in [-0.15, -0.1) is 0 Å². The number of amides is 1. The van der Waals surface area contributed by atoms with Crippen LogP contribution in [0.2, 0.25) is 10.0 Å². The Morgan fingerprint density at radius 1 is 0.933 bits per heavy atom. The first kappa shape index (κ1) is 21.8. The van der Waals surface area contributed by atoms with E-state index in [1.165, 1.54) is 24.4 Å². The minimum absolute atomic E-state index is 0.0557. The van der Waals surface area contributed by atoms with Crippen LogP contribution in [-0.4, -0.2) is 27.1 Å². The second-order valence-corrected chi connectivity index (χ2v) is 8.89. The Hall–Kier alpha value is -2.87. The summed E-state index contributed by atoms with van der Waals surface area (Å²) in [4.78, 5) is 12.5. The van der Waals surface area contributed by atoms with Gasteiger partial charge in [0.25, 0.3) is 15.9 Å². The minimum Gasteiger partial charge on any atom is -0.271 e. The van der Waals surface area contributed by atoms with E-state index in [-0.39, 0.29) is 10.6 Å². The molecular formula is C21H17Cl2N3O3S. The number of anilines is 1. The van der Waals surface area contributed by atoms with E-state index in [0.29, 0.717) is 15.6 Å². The molecule has 6 nitrogen and oxygen atoms in total. The zero-order valence-electron chi connectivity index (χ0n) is 15.6. The summed E-state index contributed by atoms with van der Waals surface area (Å²) in [5.41, 5.74) is 3.29. The van der Waals surface area contributed by atoms with E-state index >= 15 is 0 Å². The number of rotatable bonds is 7. The number of carbonyl (C=O) groups excluding carboxylic acids is 1. The number of benzene rings is 3. The summed E-state index contributed by atoms with van der Waals surface area (Å²) in [6, 6.07) is 21.0. The molecule has 0 aliphatic heterocycles. The van der Waals surface area contributed by atoms with E-state index < -0.39 is 22.5 Å². The SMILES string of the molecule is O=C(CN(c1cccc(Cl)c1)S(=O)(=O)c1ccccc1)N/N=C\c1cccc(Cl)c1. The lowest BCUT2D eigenvalue weighted by Crippen LogP contribution is -2.39. The predicted molar refractivity (Wildman–Crippen MR) is 120 cm³/mol. The molecule has 0 aliphatic rings. The Balaban J connectivity index is 1.83. The Bertz CT molecular complexity index is 1170. The van der Waals surface area contributed by atoms with Crippen molar-refractivity contribution in [2.75, 3.05) is 10.8 Å². The van der Waals surface area contributed by atoms with Gasteiger partial charge in [-0.25, -0.2) is 13.8 Å². The van der Waals surface area contributed by atoms with Gasteiger partial charge in [-0.1, -0.05) is 59.6 Å². The highest BCUT2D eigenvalue weighted by Gasteiger charge is 2.27. The second-order valence-electron chi connectivity index (χ2n) is 6.15. The number of halogens is 2. The Morgan fingerprint density at radius 2 is 1.60 bits per heavy atom. The molecule has 3 aromatic rings. The molecule has 0 aliphatic carbocycles. The maximum atomic E-state index is 13.2. The van der Waals surface area contributed by atoms with Gasteiger partial charge in [0.2, 0.25) is 0 Å². The van der Waals surface area contributed by atoms with E-state index in [4.69, 9.17) is 23.2 Å². The molecule has 1 amide bonds. The molecule has 3 aromatic carbocycles. The van der Waals surface area contributed by atoms with Crippen molar-refractivity contribution in [3.05, 3.63) is 94.5 Å². The van der Waals surface area contributed by atoms with Gasteiger partial charge < -0.3 is 0 Å². The lowest BCUT2D eigenvalue weighted by atomic mass is 10.2. The van der Waals surface area contributed by atoms with Gasteiger partial charge in [-0.2, -0.15) is 5.10 Å². The maximum Gasteiger partial charge on any atom is 0.264 e. The van der Waals surface area contributed by atoms with Crippen LogP contribution in [0.4, 0.5) is 5.69 Å². The molecule has 30 heavy (non-hydrogen) atoms. The van der Waals surface area contributed by atoms with Crippen molar-refractivity contribution in [2.45, 2.75) is 4.90 Å². The molecular weight excluding hydrogens is 445 g/mol. The average Bonchev–Trinajstić information content (AvgIpc) is 2.72. The quantitative estimate of drug-likeness (QED) is 0.419. The Kier molecular flexibility index (Phi) is 7.10. The lowest BCUT2D eigenvalue weighted by Gasteiger charge is -2.23. The molecule has 9 heteroatoms. The number of nitrogens with zero attached hydrogens (tertiary/aromatic N) is 2. The number of carbonyl (C=O) groups is 1. The van der Waals surface area contributed by atoms with Crippen LogP contribution in [0.3, 0.4) is 0 Å². The monoisotopic (exact) mass is 461 g/mol. The summed E-state index contributed by atoms with van der Waals surface area (Å²) in [7, 11) is -4.00. The van der Waals surface area contributed by atoms with E-state index in [9.17, 15) is 13.2 Å². The third kappa shape index (κ3) is 5.60. The molecule has 154 valence electrons.